The van der Waals surface area contributed by atoms with E-state index in [9.17, 15) is 0 Å². The fourth-order valence-electron chi connectivity index (χ4n) is 0.676. The van der Waals surface area contributed by atoms with Crippen LogP contribution in [-0.2, 0) is 9.16 Å². The van der Waals surface area contributed by atoms with Crippen molar-refractivity contribution < 1.29 is 9.16 Å². The second-order valence-electron chi connectivity index (χ2n) is 3.67. The lowest BCUT2D eigenvalue weighted by Gasteiger charge is -2.21. The fraction of sp³-hybridized carbons (Fsp3) is 0.778. The molecule has 0 aromatic carbocycles. The Balaban J connectivity index is 3.86. The monoisotopic (exact) mass is 188 g/mol. The van der Waals surface area contributed by atoms with Crippen LogP contribution < -0.4 is 0 Å². The lowest BCUT2D eigenvalue weighted by Crippen LogP contribution is -2.25. The Kier molecular flexibility index (Phi) is 5.05. The van der Waals surface area contributed by atoms with Gasteiger partial charge in [0.25, 0.3) is 5.95 Å². The van der Waals surface area contributed by atoms with Gasteiger partial charge in [-0.15, -0.1) is 0 Å². The second-order valence-corrected chi connectivity index (χ2v) is 8.10. The summed E-state index contributed by atoms with van der Waals surface area (Å²) in [7, 11) is -1.48. The van der Waals surface area contributed by atoms with E-state index in [1.165, 1.54) is 0 Å². The smallest absolute Gasteiger partial charge is 0.260 e. The predicted molar refractivity (Wildman–Crippen MR) is 54.4 cm³/mol. The summed E-state index contributed by atoms with van der Waals surface area (Å²) in [6.45, 7) is 11.2. The number of allylic oxidation sites excluding steroid dienone is 1. The average molecular weight is 188 g/mol. The van der Waals surface area contributed by atoms with Crippen molar-refractivity contribution in [2.75, 3.05) is 6.61 Å². The molecule has 0 aliphatic carbocycles. The molecule has 0 aliphatic rings. The predicted octanol–water partition coefficient (Wildman–Crippen LogP) is 3.13. The molecule has 0 N–H and O–H groups in total. The first-order valence-electron chi connectivity index (χ1n) is 4.47. The van der Waals surface area contributed by atoms with Crippen LogP contribution in [0.15, 0.2) is 12.0 Å². The fourth-order valence-corrected chi connectivity index (χ4v) is 1.46. The number of rotatable bonds is 5. The zero-order chi connectivity index (χ0) is 9.61. The van der Waals surface area contributed by atoms with Crippen LogP contribution >= 0.6 is 0 Å². The third-order valence-corrected chi connectivity index (χ3v) is 1.90. The van der Waals surface area contributed by atoms with E-state index in [-0.39, 0.29) is 0 Å². The standard InChI is InChI=1S/C9H20O2Si/c1-6-8-10-9(7-2)11-12(3,4)5/h7H,6,8H2,1-5H3. The van der Waals surface area contributed by atoms with Gasteiger partial charge in [-0.3, -0.25) is 0 Å². The van der Waals surface area contributed by atoms with Crippen LogP contribution in [0.4, 0.5) is 0 Å². The van der Waals surface area contributed by atoms with Crippen molar-refractivity contribution in [2.45, 2.75) is 39.9 Å². The summed E-state index contributed by atoms with van der Waals surface area (Å²) in [6.07, 6.45) is 2.90. The Bertz CT molecular complexity index is 147. The van der Waals surface area contributed by atoms with E-state index < -0.39 is 8.32 Å². The van der Waals surface area contributed by atoms with Crippen molar-refractivity contribution >= 4 is 8.32 Å². The van der Waals surface area contributed by atoms with E-state index in [1.54, 1.807) is 0 Å². The van der Waals surface area contributed by atoms with Crippen LogP contribution in [0.25, 0.3) is 0 Å². The molecule has 0 unspecified atom stereocenters. The summed E-state index contributed by atoms with van der Waals surface area (Å²) < 4.78 is 11.1. The minimum atomic E-state index is -1.48. The van der Waals surface area contributed by atoms with Crippen LogP contribution in [0.5, 0.6) is 0 Å². The summed E-state index contributed by atoms with van der Waals surface area (Å²) in [6, 6.07) is 0. The van der Waals surface area contributed by atoms with Crippen molar-refractivity contribution in [3.05, 3.63) is 12.0 Å². The highest BCUT2D eigenvalue weighted by atomic mass is 28.4. The largest absolute Gasteiger partial charge is 0.520 e. The summed E-state index contributed by atoms with van der Waals surface area (Å²) in [4.78, 5) is 0. The SMILES string of the molecule is CC=C(OCCC)O[Si](C)(C)C. The molecule has 0 saturated carbocycles. The molecule has 0 rings (SSSR count). The van der Waals surface area contributed by atoms with Gasteiger partial charge in [0.05, 0.1) is 6.61 Å². The van der Waals surface area contributed by atoms with E-state index in [0.29, 0.717) is 5.95 Å². The molecule has 0 heterocycles. The molecule has 0 atom stereocenters. The lowest BCUT2D eigenvalue weighted by molar-refractivity contribution is 0.102. The molecule has 72 valence electrons. The number of ether oxygens (including phenoxy) is 1. The molecule has 3 heteroatoms. The van der Waals surface area contributed by atoms with Gasteiger partial charge in [-0.25, -0.2) is 0 Å². The molecule has 0 radical (unpaired) electrons. The van der Waals surface area contributed by atoms with Gasteiger partial charge in [-0.2, -0.15) is 0 Å². The topological polar surface area (TPSA) is 18.5 Å². The minimum absolute atomic E-state index is 0.691. The highest BCUT2D eigenvalue weighted by Gasteiger charge is 2.17. The van der Waals surface area contributed by atoms with E-state index in [2.05, 4.69) is 26.6 Å². The van der Waals surface area contributed by atoms with Gasteiger partial charge in [0, 0.05) is 0 Å². The summed E-state index contributed by atoms with van der Waals surface area (Å²) in [5.41, 5.74) is 0. The van der Waals surface area contributed by atoms with Crippen LogP contribution in [0, 0.1) is 0 Å². The van der Waals surface area contributed by atoms with Crippen molar-refractivity contribution in [2.24, 2.45) is 0 Å². The van der Waals surface area contributed by atoms with Crippen LogP contribution in [0.2, 0.25) is 19.6 Å². The molecule has 12 heavy (non-hydrogen) atoms. The highest BCUT2D eigenvalue weighted by Crippen LogP contribution is 2.11. The maximum absolute atomic E-state index is 5.67. The molecule has 2 nitrogen and oxygen atoms in total. The first-order chi connectivity index (χ1) is 5.49. The van der Waals surface area contributed by atoms with Gasteiger partial charge in [0.1, 0.15) is 0 Å². The van der Waals surface area contributed by atoms with Gasteiger partial charge in [0.2, 0.25) is 8.32 Å². The molecule has 0 aliphatic heterocycles. The van der Waals surface area contributed by atoms with Crippen molar-refractivity contribution in [1.29, 1.82) is 0 Å². The second kappa shape index (κ2) is 5.25. The summed E-state index contributed by atoms with van der Waals surface area (Å²) >= 11 is 0. The molecule has 0 bridgehead atoms. The van der Waals surface area contributed by atoms with Crippen molar-refractivity contribution in [1.82, 2.24) is 0 Å². The third kappa shape index (κ3) is 6.28. The average Bonchev–Trinajstić information content (AvgIpc) is 1.95. The van der Waals surface area contributed by atoms with Crippen LogP contribution in [0.1, 0.15) is 20.3 Å². The van der Waals surface area contributed by atoms with E-state index >= 15 is 0 Å². The van der Waals surface area contributed by atoms with Crippen molar-refractivity contribution in [3.8, 4) is 0 Å². The van der Waals surface area contributed by atoms with Crippen molar-refractivity contribution in [3.63, 3.8) is 0 Å². The number of hydrogen-bond acceptors (Lipinski definition) is 2. The highest BCUT2D eigenvalue weighted by molar-refractivity contribution is 6.69. The lowest BCUT2D eigenvalue weighted by atomic mass is 10.5. The van der Waals surface area contributed by atoms with Gasteiger partial charge in [-0.05, 0) is 39.1 Å². The molecular formula is C9H20O2Si. The Morgan fingerprint density at radius 2 is 1.92 bits per heavy atom. The van der Waals surface area contributed by atoms with Crippen LogP contribution in [-0.4, -0.2) is 14.9 Å². The quantitative estimate of drug-likeness (QED) is 0.487. The molecular weight excluding hydrogens is 168 g/mol. The Labute approximate surface area is 76.7 Å². The Morgan fingerprint density at radius 1 is 1.33 bits per heavy atom. The molecule has 0 spiro atoms. The normalized spacial score (nSPS) is 12.9. The van der Waals surface area contributed by atoms with E-state index in [4.69, 9.17) is 9.16 Å². The zero-order valence-electron chi connectivity index (χ0n) is 8.81. The first kappa shape index (κ1) is 11.6. The maximum atomic E-state index is 5.67. The Morgan fingerprint density at radius 3 is 2.25 bits per heavy atom. The minimum Gasteiger partial charge on any atom is -0.520 e. The molecule has 0 amide bonds. The van der Waals surface area contributed by atoms with Crippen LogP contribution in [0.3, 0.4) is 0 Å². The number of hydrogen-bond donors (Lipinski definition) is 0. The summed E-state index contributed by atoms with van der Waals surface area (Å²) in [5, 5.41) is 0. The van der Waals surface area contributed by atoms with Gasteiger partial charge < -0.3 is 9.16 Å². The van der Waals surface area contributed by atoms with Gasteiger partial charge in [0.15, 0.2) is 0 Å². The Hall–Kier alpha value is -0.443. The molecule has 0 aromatic rings. The first-order valence-corrected chi connectivity index (χ1v) is 7.88. The zero-order valence-corrected chi connectivity index (χ0v) is 9.81. The van der Waals surface area contributed by atoms with Gasteiger partial charge in [-0.1, -0.05) is 6.92 Å². The molecule has 0 aromatic heterocycles. The third-order valence-electron chi connectivity index (χ3n) is 1.09. The maximum Gasteiger partial charge on any atom is 0.260 e. The van der Waals surface area contributed by atoms with Gasteiger partial charge >= 0.3 is 0 Å². The molecule has 0 fully saturated rings. The summed E-state index contributed by atoms with van der Waals surface area (Å²) in [5.74, 6) is 0.691. The van der Waals surface area contributed by atoms with E-state index in [0.717, 1.165) is 13.0 Å². The van der Waals surface area contributed by atoms with E-state index in [1.807, 2.05) is 13.0 Å². The molecule has 0 saturated heterocycles.